The van der Waals surface area contributed by atoms with E-state index in [0.717, 1.165) is 17.0 Å². The lowest BCUT2D eigenvalue weighted by molar-refractivity contribution is 0.0617. The molecule has 1 aromatic rings. The summed E-state index contributed by atoms with van der Waals surface area (Å²) in [5.74, 6) is -0.712. The highest BCUT2D eigenvalue weighted by Crippen LogP contribution is 2.23. The highest BCUT2D eigenvalue weighted by molar-refractivity contribution is 7.89. The molecule has 0 aliphatic carbocycles. The van der Waals surface area contributed by atoms with Gasteiger partial charge in [-0.1, -0.05) is 0 Å². The monoisotopic (exact) mass is 308 g/mol. The van der Waals surface area contributed by atoms with Gasteiger partial charge in [-0.3, -0.25) is 4.79 Å². The van der Waals surface area contributed by atoms with Gasteiger partial charge in [-0.25, -0.2) is 22.3 Å². The topological polar surface area (TPSA) is 89.7 Å². The van der Waals surface area contributed by atoms with Crippen molar-refractivity contribution in [1.29, 1.82) is 0 Å². The third-order valence-corrected chi connectivity index (χ3v) is 3.40. The fourth-order valence-electron chi connectivity index (χ4n) is 1.53. The number of halogens is 2. The molecule has 1 rings (SSSR count). The molecule has 0 aliphatic rings. The van der Waals surface area contributed by atoms with E-state index in [0.29, 0.717) is 0 Å². The van der Waals surface area contributed by atoms with Gasteiger partial charge in [0.1, 0.15) is 5.75 Å². The van der Waals surface area contributed by atoms with E-state index in [1.54, 1.807) is 0 Å². The highest BCUT2D eigenvalue weighted by Gasteiger charge is 2.21. The van der Waals surface area contributed by atoms with E-state index in [4.69, 9.17) is 9.88 Å². The molecular formula is C11H14F2N2O4S. The third kappa shape index (κ3) is 3.87. The van der Waals surface area contributed by atoms with Crippen LogP contribution in [0.5, 0.6) is 5.75 Å². The van der Waals surface area contributed by atoms with E-state index in [-0.39, 0.29) is 16.2 Å². The first-order chi connectivity index (χ1) is 9.16. The van der Waals surface area contributed by atoms with Gasteiger partial charge in [0.2, 0.25) is 10.0 Å². The summed E-state index contributed by atoms with van der Waals surface area (Å²) in [4.78, 5) is 12.5. The second-order valence-electron chi connectivity index (χ2n) is 3.98. The average molecular weight is 308 g/mol. The van der Waals surface area contributed by atoms with Gasteiger partial charge in [0.15, 0.2) is 0 Å². The second-order valence-corrected chi connectivity index (χ2v) is 5.55. The van der Waals surface area contributed by atoms with Crippen molar-refractivity contribution in [1.82, 2.24) is 4.90 Å². The summed E-state index contributed by atoms with van der Waals surface area (Å²) in [5, 5.41) is 4.96. The summed E-state index contributed by atoms with van der Waals surface area (Å²) in [5.41, 5.74) is -0.151. The van der Waals surface area contributed by atoms with Gasteiger partial charge in [0, 0.05) is 7.05 Å². The van der Waals surface area contributed by atoms with Crippen molar-refractivity contribution in [3.05, 3.63) is 23.8 Å². The summed E-state index contributed by atoms with van der Waals surface area (Å²) < 4.78 is 52.0. The molecule has 20 heavy (non-hydrogen) atoms. The molecule has 0 unspecified atom stereocenters. The van der Waals surface area contributed by atoms with E-state index in [1.165, 1.54) is 20.2 Å². The number of nitrogens with zero attached hydrogens (tertiary/aromatic N) is 1. The lowest BCUT2D eigenvalue weighted by atomic mass is 10.1. The Hall–Kier alpha value is -1.74. The Morgan fingerprint density at radius 1 is 1.45 bits per heavy atom. The van der Waals surface area contributed by atoms with Crippen LogP contribution in [-0.2, 0) is 10.0 Å². The first kappa shape index (κ1) is 16.3. The molecule has 9 heteroatoms. The Bertz CT molecular complexity index is 604. The number of ether oxygens (including phenoxy) is 1. The number of amides is 1. The smallest absolute Gasteiger partial charge is 0.257 e. The molecular weight excluding hydrogens is 294 g/mol. The van der Waals surface area contributed by atoms with Crippen LogP contribution in [0.2, 0.25) is 0 Å². The van der Waals surface area contributed by atoms with Gasteiger partial charge in [-0.15, -0.1) is 0 Å². The normalized spacial score (nSPS) is 11.5. The molecule has 2 N–H and O–H groups in total. The summed E-state index contributed by atoms with van der Waals surface area (Å²) in [7, 11) is -1.56. The molecule has 0 heterocycles. The van der Waals surface area contributed by atoms with Crippen molar-refractivity contribution in [2.45, 2.75) is 11.3 Å². The Kier molecular flexibility index (Phi) is 5.01. The Balaban J connectivity index is 3.24. The maximum absolute atomic E-state index is 12.3. The summed E-state index contributed by atoms with van der Waals surface area (Å²) >= 11 is 0. The highest BCUT2D eigenvalue weighted by atomic mass is 32.2. The lowest BCUT2D eigenvalue weighted by Crippen LogP contribution is -2.31. The second kappa shape index (κ2) is 6.14. The average Bonchev–Trinajstić information content (AvgIpc) is 2.35. The molecule has 0 aromatic heterocycles. The van der Waals surface area contributed by atoms with Crippen molar-refractivity contribution < 1.29 is 26.7 Å². The van der Waals surface area contributed by atoms with Crippen molar-refractivity contribution in [2.75, 3.05) is 20.7 Å². The van der Waals surface area contributed by atoms with E-state index < -0.39 is 28.9 Å². The molecule has 1 amide bonds. The number of hydrogen-bond acceptors (Lipinski definition) is 4. The van der Waals surface area contributed by atoms with Gasteiger partial charge in [-0.05, 0) is 18.2 Å². The maximum atomic E-state index is 12.3. The molecule has 0 radical (unpaired) electrons. The van der Waals surface area contributed by atoms with Gasteiger partial charge in [-0.2, -0.15) is 0 Å². The quantitative estimate of drug-likeness (QED) is 0.866. The molecule has 0 atom stereocenters. The fraction of sp³-hybridized carbons (Fsp3) is 0.364. The predicted octanol–water partition coefficient (Wildman–Crippen LogP) is 0.680. The number of carbonyl (C=O) groups is 1. The SMILES string of the molecule is COc1ccc(S(N)(=O)=O)cc1C(=O)N(C)CC(F)F. The molecule has 0 saturated heterocycles. The minimum Gasteiger partial charge on any atom is -0.496 e. The number of nitrogens with two attached hydrogens (primary N) is 1. The van der Waals surface area contributed by atoms with Gasteiger partial charge >= 0.3 is 0 Å². The van der Waals surface area contributed by atoms with E-state index in [9.17, 15) is 22.0 Å². The standard InChI is InChI=1S/C11H14F2N2O4S/c1-15(6-10(12)13)11(16)8-5-7(20(14,17)18)3-4-9(8)19-2/h3-5,10H,6H2,1-2H3,(H2,14,17,18). The van der Waals surface area contributed by atoms with Crippen LogP contribution < -0.4 is 9.88 Å². The van der Waals surface area contributed by atoms with Crippen LogP contribution in [0.25, 0.3) is 0 Å². The largest absolute Gasteiger partial charge is 0.496 e. The number of primary sulfonamides is 1. The van der Waals surface area contributed by atoms with E-state index >= 15 is 0 Å². The van der Waals surface area contributed by atoms with Crippen LogP contribution in [0.15, 0.2) is 23.1 Å². The molecule has 0 aliphatic heterocycles. The van der Waals surface area contributed by atoms with Gasteiger partial charge in [0.05, 0.1) is 24.1 Å². The van der Waals surface area contributed by atoms with E-state index in [1.807, 2.05) is 0 Å². The maximum Gasteiger partial charge on any atom is 0.257 e. The molecule has 0 saturated carbocycles. The minimum absolute atomic E-state index is 0.0727. The Morgan fingerprint density at radius 3 is 2.50 bits per heavy atom. The fourth-order valence-corrected chi connectivity index (χ4v) is 2.07. The van der Waals surface area contributed by atoms with Crippen molar-refractivity contribution in [3.63, 3.8) is 0 Å². The van der Waals surface area contributed by atoms with Crippen molar-refractivity contribution in [2.24, 2.45) is 5.14 Å². The number of sulfonamides is 1. The Morgan fingerprint density at radius 2 is 2.05 bits per heavy atom. The zero-order valence-electron chi connectivity index (χ0n) is 10.8. The molecule has 1 aromatic carbocycles. The lowest BCUT2D eigenvalue weighted by Gasteiger charge is -2.18. The molecule has 0 bridgehead atoms. The zero-order chi connectivity index (χ0) is 15.5. The number of rotatable bonds is 5. The first-order valence-corrected chi connectivity index (χ1v) is 6.96. The number of benzene rings is 1. The molecule has 0 spiro atoms. The first-order valence-electron chi connectivity index (χ1n) is 5.41. The number of methoxy groups -OCH3 is 1. The van der Waals surface area contributed by atoms with Crippen LogP contribution in [-0.4, -0.2) is 46.4 Å². The predicted molar refractivity (Wildman–Crippen MR) is 67.3 cm³/mol. The number of carbonyl (C=O) groups excluding carboxylic acids is 1. The Labute approximate surface area is 115 Å². The van der Waals surface area contributed by atoms with Crippen molar-refractivity contribution in [3.8, 4) is 5.75 Å². The van der Waals surface area contributed by atoms with Gasteiger partial charge < -0.3 is 9.64 Å². The summed E-state index contributed by atoms with van der Waals surface area (Å²) in [6, 6.07) is 3.40. The third-order valence-electron chi connectivity index (χ3n) is 2.49. The van der Waals surface area contributed by atoms with Crippen LogP contribution in [0.3, 0.4) is 0 Å². The zero-order valence-corrected chi connectivity index (χ0v) is 11.7. The minimum atomic E-state index is -4.01. The summed E-state index contributed by atoms with van der Waals surface area (Å²) in [6.45, 7) is -0.776. The number of hydrogen-bond donors (Lipinski definition) is 1. The van der Waals surface area contributed by atoms with E-state index in [2.05, 4.69) is 0 Å². The molecule has 0 fully saturated rings. The van der Waals surface area contributed by atoms with Crippen LogP contribution in [0, 0.1) is 0 Å². The number of alkyl halides is 2. The van der Waals surface area contributed by atoms with Crippen molar-refractivity contribution >= 4 is 15.9 Å². The molecule has 6 nitrogen and oxygen atoms in total. The summed E-state index contributed by atoms with van der Waals surface area (Å²) in [6.07, 6.45) is -2.70. The molecule has 112 valence electrons. The van der Waals surface area contributed by atoms with Crippen LogP contribution in [0.1, 0.15) is 10.4 Å². The van der Waals surface area contributed by atoms with Gasteiger partial charge in [0.25, 0.3) is 12.3 Å². The van der Waals surface area contributed by atoms with Crippen LogP contribution >= 0.6 is 0 Å². The van der Waals surface area contributed by atoms with Crippen LogP contribution in [0.4, 0.5) is 8.78 Å².